The number of hydrogen-bond donors (Lipinski definition) is 1. The second kappa shape index (κ2) is 5.69. The van der Waals surface area contributed by atoms with Crippen molar-refractivity contribution in [3.63, 3.8) is 0 Å². The third kappa shape index (κ3) is 2.69. The van der Waals surface area contributed by atoms with Gasteiger partial charge in [0.15, 0.2) is 0 Å². The van der Waals surface area contributed by atoms with Crippen LogP contribution >= 0.6 is 0 Å². The van der Waals surface area contributed by atoms with E-state index in [0.717, 1.165) is 41.5 Å². The van der Waals surface area contributed by atoms with Gasteiger partial charge in [-0.05, 0) is 26.5 Å². The first-order valence-corrected chi connectivity index (χ1v) is 7.27. The van der Waals surface area contributed by atoms with Gasteiger partial charge in [-0.25, -0.2) is 9.67 Å². The summed E-state index contributed by atoms with van der Waals surface area (Å²) in [7, 11) is 0. The Labute approximate surface area is 124 Å². The summed E-state index contributed by atoms with van der Waals surface area (Å²) in [6.45, 7) is 8.31. The van der Waals surface area contributed by atoms with Crippen molar-refractivity contribution in [1.29, 1.82) is 0 Å². The second-order valence-electron chi connectivity index (χ2n) is 5.14. The van der Waals surface area contributed by atoms with Gasteiger partial charge in [-0.2, -0.15) is 5.10 Å². The molecule has 0 spiro atoms. The molecule has 2 aromatic heterocycles. The highest BCUT2D eigenvalue weighted by Crippen LogP contribution is 2.26. The molecule has 0 aliphatic rings. The Hall–Kier alpha value is -2.14. The fourth-order valence-electron chi connectivity index (χ4n) is 2.56. The highest BCUT2D eigenvalue weighted by molar-refractivity contribution is 5.82. The number of fused-ring (bicyclic) bond motifs is 1. The SMILES string of the molecule is CCNCc1oc2ccccc2c1Cn1nc(C)nc1C. The van der Waals surface area contributed by atoms with Crippen molar-refractivity contribution in [3.05, 3.63) is 47.2 Å². The van der Waals surface area contributed by atoms with Crippen LogP contribution < -0.4 is 5.32 Å². The first-order chi connectivity index (χ1) is 10.2. The smallest absolute Gasteiger partial charge is 0.147 e. The Morgan fingerprint density at radius 1 is 1.24 bits per heavy atom. The number of benzene rings is 1. The van der Waals surface area contributed by atoms with Gasteiger partial charge < -0.3 is 9.73 Å². The fourth-order valence-corrected chi connectivity index (χ4v) is 2.56. The summed E-state index contributed by atoms with van der Waals surface area (Å²) in [5.74, 6) is 2.70. The summed E-state index contributed by atoms with van der Waals surface area (Å²) in [4.78, 5) is 4.37. The van der Waals surface area contributed by atoms with Crippen LogP contribution in [0.25, 0.3) is 11.0 Å². The van der Waals surface area contributed by atoms with Gasteiger partial charge in [0, 0.05) is 10.9 Å². The van der Waals surface area contributed by atoms with Gasteiger partial charge in [0.25, 0.3) is 0 Å². The lowest BCUT2D eigenvalue weighted by molar-refractivity contribution is 0.507. The molecule has 3 rings (SSSR count). The lowest BCUT2D eigenvalue weighted by Crippen LogP contribution is -2.14. The van der Waals surface area contributed by atoms with Crippen LogP contribution in [0.15, 0.2) is 28.7 Å². The zero-order chi connectivity index (χ0) is 14.8. The number of nitrogens with zero attached hydrogens (tertiary/aromatic N) is 3. The predicted molar refractivity (Wildman–Crippen MR) is 82.2 cm³/mol. The van der Waals surface area contributed by atoms with Gasteiger partial charge in [-0.3, -0.25) is 0 Å². The van der Waals surface area contributed by atoms with Crippen molar-refractivity contribution in [2.45, 2.75) is 33.9 Å². The van der Waals surface area contributed by atoms with E-state index in [-0.39, 0.29) is 0 Å². The standard InChI is InChI=1S/C16H20N4O/c1-4-17-9-16-14(10-20-12(3)18-11(2)19-20)13-7-5-6-8-15(13)21-16/h5-8,17H,4,9-10H2,1-3H3. The van der Waals surface area contributed by atoms with Crippen LogP contribution in [-0.4, -0.2) is 21.3 Å². The number of rotatable bonds is 5. The average Bonchev–Trinajstić information content (AvgIpc) is 2.98. The van der Waals surface area contributed by atoms with Crippen LogP contribution in [0.2, 0.25) is 0 Å². The lowest BCUT2D eigenvalue weighted by Gasteiger charge is -2.05. The third-order valence-corrected chi connectivity index (χ3v) is 3.59. The van der Waals surface area contributed by atoms with Crippen LogP contribution in [0.3, 0.4) is 0 Å². The number of para-hydroxylation sites is 1. The maximum absolute atomic E-state index is 6.00. The Kier molecular flexibility index (Phi) is 3.75. The minimum Gasteiger partial charge on any atom is -0.459 e. The Bertz CT molecular complexity index is 757. The largest absolute Gasteiger partial charge is 0.459 e. The Morgan fingerprint density at radius 2 is 2.05 bits per heavy atom. The lowest BCUT2D eigenvalue weighted by atomic mass is 10.1. The Balaban J connectivity index is 2.04. The molecule has 2 heterocycles. The van der Waals surface area contributed by atoms with Gasteiger partial charge in [-0.1, -0.05) is 25.1 Å². The van der Waals surface area contributed by atoms with Crippen LogP contribution in [-0.2, 0) is 13.1 Å². The molecule has 1 N–H and O–H groups in total. The number of furan rings is 1. The van der Waals surface area contributed by atoms with Crippen LogP contribution in [0.1, 0.15) is 29.9 Å². The molecule has 1 aromatic carbocycles. The molecule has 0 aliphatic heterocycles. The maximum atomic E-state index is 6.00. The number of aromatic nitrogens is 3. The van der Waals surface area contributed by atoms with E-state index in [4.69, 9.17) is 4.42 Å². The molecule has 0 saturated heterocycles. The van der Waals surface area contributed by atoms with E-state index < -0.39 is 0 Å². The van der Waals surface area contributed by atoms with E-state index in [0.29, 0.717) is 6.54 Å². The van der Waals surface area contributed by atoms with Gasteiger partial charge in [0.1, 0.15) is 23.0 Å². The van der Waals surface area contributed by atoms with Crippen molar-refractivity contribution < 1.29 is 4.42 Å². The normalized spacial score (nSPS) is 11.4. The maximum Gasteiger partial charge on any atom is 0.147 e. The molecular formula is C16H20N4O. The first kappa shape index (κ1) is 13.8. The topological polar surface area (TPSA) is 55.9 Å². The van der Waals surface area contributed by atoms with Crippen LogP contribution in [0, 0.1) is 13.8 Å². The molecule has 0 atom stereocenters. The zero-order valence-corrected chi connectivity index (χ0v) is 12.7. The van der Waals surface area contributed by atoms with E-state index in [1.165, 1.54) is 5.56 Å². The average molecular weight is 284 g/mol. The summed E-state index contributed by atoms with van der Waals surface area (Å²) in [5.41, 5.74) is 2.11. The molecular weight excluding hydrogens is 264 g/mol. The van der Waals surface area contributed by atoms with Gasteiger partial charge >= 0.3 is 0 Å². The van der Waals surface area contributed by atoms with E-state index in [9.17, 15) is 0 Å². The van der Waals surface area contributed by atoms with Crippen LogP contribution in [0.5, 0.6) is 0 Å². The summed E-state index contributed by atoms with van der Waals surface area (Å²) in [5, 5.41) is 8.94. The monoisotopic (exact) mass is 284 g/mol. The molecule has 0 saturated carbocycles. The summed E-state index contributed by atoms with van der Waals surface area (Å²) in [6, 6.07) is 8.14. The number of nitrogens with one attached hydrogen (secondary N) is 1. The minimum atomic E-state index is 0.685. The van der Waals surface area contributed by atoms with Crippen molar-refractivity contribution in [3.8, 4) is 0 Å². The van der Waals surface area contributed by atoms with E-state index in [1.807, 2.05) is 36.7 Å². The van der Waals surface area contributed by atoms with Crippen molar-refractivity contribution in [2.24, 2.45) is 0 Å². The summed E-state index contributed by atoms with van der Waals surface area (Å²) in [6.07, 6.45) is 0. The van der Waals surface area contributed by atoms with Gasteiger partial charge in [0.2, 0.25) is 0 Å². The van der Waals surface area contributed by atoms with Gasteiger partial charge in [-0.15, -0.1) is 0 Å². The molecule has 0 radical (unpaired) electrons. The molecule has 3 aromatic rings. The molecule has 0 bridgehead atoms. The molecule has 110 valence electrons. The fraction of sp³-hybridized carbons (Fsp3) is 0.375. The molecule has 0 unspecified atom stereocenters. The highest BCUT2D eigenvalue weighted by atomic mass is 16.3. The molecule has 0 amide bonds. The number of aryl methyl sites for hydroxylation is 2. The molecule has 0 aliphatic carbocycles. The van der Waals surface area contributed by atoms with Gasteiger partial charge in [0.05, 0.1) is 13.1 Å². The second-order valence-corrected chi connectivity index (χ2v) is 5.14. The van der Waals surface area contributed by atoms with Crippen LogP contribution in [0.4, 0.5) is 0 Å². The number of hydrogen-bond acceptors (Lipinski definition) is 4. The highest BCUT2D eigenvalue weighted by Gasteiger charge is 2.15. The van der Waals surface area contributed by atoms with E-state index in [2.05, 4.69) is 28.4 Å². The van der Waals surface area contributed by atoms with E-state index in [1.54, 1.807) is 0 Å². The quantitative estimate of drug-likeness (QED) is 0.782. The predicted octanol–water partition coefficient (Wildman–Crippen LogP) is 2.80. The molecule has 21 heavy (non-hydrogen) atoms. The third-order valence-electron chi connectivity index (χ3n) is 3.59. The first-order valence-electron chi connectivity index (χ1n) is 7.27. The van der Waals surface area contributed by atoms with E-state index >= 15 is 0 Å². The van der Waals surface area contributed by atoms with Crippen molar-refractivity contribution in [1.82, 2.24) is 20.1 Å². The summed E-state index contributed by atoms with van der Waals surface area (Å²) >= 11 is 0. The Morgan fingerprint density at radius 3 is 2.76 bits per heavy atom. The molecule has 0 fully saturated rings. The molecule has 5 heteroatoms. The van der Waals surface area contributed by atoms with Crippen molar-refractivity contribution in [2.75, 3.05) is 6.54 Å². The molecule has 5 nitrogen and oxygen atoms in total. The summed E-state index contributed by atoms with van der Waals surface area (Å²) < 4.78 is 7.93. The zero-order valence-electron chi connectivity index (χ0n) is 12.7. The minimum absolute atomic E-state index is 0.685. The van der Waals surface area contributed by atoms with Crippen molar-refractivity contribution >= 4 is 11.0 Å².